The number of hydrogen-bond donors (Lipinski definition) is 0. The second-order valence-electron chi connectivity index (χ2n) is 4.46. The molecule has 3 aromatic rings. The van der Waals surface area contributed by atoms with E-state index in [1.165, 1.54) is 12.1 Å². The lowest BCUT2D eigenvalue weighted by Gasteiger charge is -2.08. The molecule has 0 heterocycles. The van der Waals surface area contributed by atoms with E-state index in [-0.39, 0.29) is 5.82 Å². The highest BCUT2D eigenvalue weighted by molar-refractivity contribution is 6.45. The monoisotopic (exact) mass is 324 g/mol. The zero-order chi connectivity index (χ0) is 14.3. The van der Waals surface area contributed by atoms with Crippen molar-refractivity contribution in [3.05, 3.63) is 69.4 Å². The van der Waals surface area contributed by atoms with Gasteiger partial charge in [-0.15, -0.1) is 0 Å². The molecule has 0 fully saturated rings. The van der Waals surface area contributed by atoms with Gasteiger partial charge in [-0.2, -0.15) is 0 Å². The Hall–Kier alpha value is -1.28. The fraction of sp³-hybridized carbons (Fsp3) is 0. The Morgan fingerprint density at radius 3 is 2.25 bits per heavy atom. The smallest absolute Gasteiger partial charge is 0.123 e. The third-order valence-corrected chi connectivity index (χ3v) is 4.13. The van der Waals surface area contributed by atoms with Crippen LogP contribution in [0.25, 0.3) is 21.9 Å². The molecule has 0 aliphatic rings. The maximum Gasteiger partial charge on any atom is 0.123 e. The highest BCUT2D eigenvalue weighted by Gasteiger charge is 2.10. The Bertz CT molecular complexity index is 812. The molecule has 0 aromatic heterocycles. The maximum absolute atomic E-state index is 13.2. The normalized spacial score (nSPS) is 11.0. The zero-order valence-electron chi connectivity index (χ0n) is 10.1. The Kier molecular flexibility index (Phi) is 3.59. The van der Waals surface area contributed by atoms with Gasteiger partial charge in [0.15, 0.2) is 0 Å². The van der Waals surface area contributed by atoms with E-state index >= 15 is 0 Å². The molecule has 0 bridgehead atoms. The third kappa shape index (κ3) is 2.49. The van der Waals surface area contributed by atoms with Gasteiger partial charge in [-0.25, -0.2) is 4.39 Å². The van der Waals surface area contributed by atoms with Gasteiger partial charge in [-0.3, -0.25) is 0 Å². The van der Waals surface area contributed by atoms with Crippen LogP contribution in [0.3, 0.4) is 0 Å². The molecule has 0 unspecified atom stereocenters. The van der Waals surface area contributed by atoms with Crippen LogP contribution in [0.5, 0.6) is 0 Å². The highest BCUT2D eigenvalue weighted by Crippen LogP contribution is 2.37. The summed E-state index contributed by atoms with van der Waals surface area (Å²) in [6.45, 7) is 0. The molecule has 0 saturated heterocycles. The van der Waals surface area contributed by atoms with E-state index in [9.17, 15) is 4.39 Å². The number of hydrogen-bond acceptors (Lipinski definition) is 0. The van der Waals surface area contributed by atoms with Crippen LogP contribution in [0.1, 0.15) is 0 Å². The van der Waals surface area contributed by atoms with Crippen molar-refractivity contribution in [2.45, 2.75) is 0 Å². The Morgan fingerprint density at radius 2 is 1.45 bits per heavy atom. The minimum absolute atomic E-state index is 0.255. The van der Waals surface area contributed by atoms with Gasteiger partial charge in [0.2, 0.25) is 0 Å². The second kappa shape index (κ2) is 5.25. The van der Waals surface area contributed by atoms with Crippen LogP contribution in [0, 0.1) is 5.82 Å². The summed E-state index contributed by atoms with van der Waals surface area (Å²) in [4.78, 5) is 0. The molecule has 0 amide bonds. The van der Waals surface area contributed by atoms with Gasteiger partial charge >= 0.3 is 0 Å². The van der Waals surface area contributed by atoms with Crippen molar-refractivity contribution in [3.63, 3.8) is 0 Å². The molecule has 20 heavy (non-hydrogen) atoms. The third-order valence-electron chi connectivity index (χ3n) is 3.11. The van der Waals surface area contributed by atoms with Gasteiger partial charge in [-0.05, 0) is 46.7 Å². The molecule has 100 valence electrons. The van der Waals surface area contributed by atoms with Crippen LogP contribution in [0.2, 0.25) is 15.1 Å². The SMILES string of the molecule is Fc1ccc2cc(-c3cc(Cl)cc(Cl)c3Cl)ccc2c1. The molecule has 0 spiro atoms. The lowest BCUT2D eigenvalue weighted by atomic mass is 10.0. The first kappa shape index (κ1) is 13.7. The zero-order valence-corrected chi connectivity index (χ0v) is 12.4. The van der Waals surface area contributed by atoms with Crippen molar-refractivity contribution < 1.29 is 4.39 Å². The van der Waals surface area contributed by atoms with Crippen molar-refractivity contribution in [2.75, 3.05) is 0 Å². The number of rotatable bonds is 1. The van der Waals surface area contributed by atoms with Crippen molar-refractivity contribution in [1.29, 1.82) is 0 Å². The molecule has 3 rings (SSSR count). The lowest BCUT2D eigenvalue weighted by molar-refractivity contribution is 0.630. The molecule has 0 nitrogen and oxygen atoms in total. The summed E-state index contributed by atoms with van der Waals surface area (Å²) < 4.78 is 13.2. The number of halogens is 4. The minimum Gasteiger partial charge on any atom is -0.207 e. The lowest BCUT2D eigenvalue weighted by Crippen LogP contribution is -1.83. The van der Waals surface area contributed by atoms with Gasteiger partial charge < -0.3 is 0 Å². The van der Waals surface area contributed by atoms with Gasteiger partial charge in [0, 0.05) is 10.6 Å². The first-order chi connectivity index (χ1) is 9.54. The van der Waals surface area contributed by atoms with Crippen LogP contribution in [-0.4, -0.2) is 0 Å². The summed E-state index contributed by atoms with van der Waals surface area (Å²) in [5.41, 5.74) is 1.65. The van der Waals surface area contributed by atoms with E-state index in [4.69, 9.17) is 34.8 Å². The minimum atomic E-state index is -0.255. The predicted octanol–water partition coefficient (Wildman–Crippen LogP) is 6.61. The second-order valence-corrected chi connectivity index (χ2v) is 5.68. The maximum atomic E-state index is 13.2. The van der Waals surface area contributed by atoms with Crippen molar-refractivity contribution in [2.24, 2.45) is 0 Å². The Balaban J connectivity index is 2.22. The largest absolute Gasteiger partial charge is 0.207 e. The van der Waals surface area contributed by atoms with Crippen LogP contribution in [0.4, 0.5) is 4.39 Å². The van der Waals surface area contributed by atoms with Crippen molar-refractivity contribution >= 4 is 45.6 Å². The van der Waals surface area contributed by atoms with Crippen LogP contribution in [-0.2, 0) is 0 Å². The molecule has 0 radical (unpaired) electrons. The summed E-state index contributed by atoms with van der Waals surface area (Å²) in [7, 11) is 0. The van der Waals surface area contributed by atoms with Crippen LogP contribution in [0.15, 0.2) is 48.5 Å². The van der Waals surface area contributed by atoms with Gasteiger partial charge in [-0.1, -0.05) is 53.0 Å². The Morgan fingerprint density at radius 1 is 0.750 bits per heavy atom. The summed E-state index contributed by atoms with van der Waals surface area (Å²) in [5, 5.41) is 3.15. The van der Waals surface area contributed by atoms with Crippen LogP contribution < -0.4 is 0 Å². The summed E-state index contributed by atoms with van der Waals surface area (Å²) in [6, 6.07) is 13.7. The first-order valence-corrected chi connectivity index (χ1v) is 7.02. The van der Waals surface area contributed by atoms with Crippen molar-refractivity contribution in [1.82, 2.24) is 0 Å². The van der Waals surface area contributed by atoms with E-state index in [0.717, 1.165) is 21.9 Å². The Labute approximate surface area is 130 Å². The summed E-state index contributed by atoms with van der Waals surface area (Å²) in [6.07, 6.45) is 0. The fourth-order valence-corrected chi connectivity index (χ4v) is 2.86. The van der Waals surface area contributed by atoms with Gasteiger partial charge in [0.1, 0.15) is 5.82 Å². The molecule has 4 heteroatoms. The van der Waals surface area contributed by atoms with Crippen LogP contribution >= 0.6 is 34.8 Å². The summed E-state index contributed by atoms with van der Waals surface area (Å²) in [5.74, 6) is -0.255. The average molecular weight is 326 g/mol. The van der Waals surface area contributed by atoms with E-state index < -0.39 is 0 Å². The predicted molar refractivity (Wildman–Crippen MR) is 84.4 cm³/mol. The van der Waals surface area contributed by atoms with Gasteiger partial charge in [0.05, 0.1) is 10.0 Å². The molecule has 0 aliphatic heterocycles. The average Bonchev–Trinajstić information content (AvgIpc) is 2.42. The van der Waals surface area contributed by atoms with Crippen molar-refractivity contribution in [3.8, 4) is 11.1 Å². The van der Waals surface area contributed by atoms with E-state index in [1.807, 2.05) is 18.2 Å². The summed E-state index contributed by atoms with van der Waals surface area (Å²) >= 11 is 18.3. The topological polar surface area (TPSA) is 0 Å². The first-order valence-electron chi connectivity index (χ1n) is 5.89. The van der Waals surface area contributed by atoms with E-state index in [2.05, 4.69) is 0 Å². The fourth-order valence-electron chi connectivity index (χ4n) is 2.15. The van der Waals surface area contributed by atoms with E-state index in [1.54, 1.807) is 18.2 Å². The molecule has 3 aromatic carbocycles. The molecule has 0 N–H and O–H groups in total. The number of fused-ring (bicyclic) bond motifs is 1. The van der Waals surface area contributed by atoms with E-state index in [0.29, 0.717) is 15.1 Å². The number of benzene rings is 3. The van der Waals surface area contributed by atoms with Gasteiger partial charge in [0.25, 0.3) is 0 Å². The molecule has 0 saturated carbocycles. The highest BCUT2D eigenvalue weighted by atomic mass is 35.5. The quantitative estimate of drug-likeness (QED) is 0.442. The molecular formula is C16H8Cl3F. The molecule has 0 atom stereocenters. The standard InChI is InChI=1S/C16H8Cl3F/c17-12-7-14(16(19)15(18)8-12)11-2-1-10-6-13(20)4-3-9(10)5-11/h1-8H. The molecular weight excluding hydrogens is 318 g/mol. The molecule has 0 aliphatic carbocycles.